The highest BCUT2D eigenvalue weighted by atomic mass is 79.9. The van der Waals surface area contributed by atoms with Crippen LogP contribution in [0.4, 0.5) is 5.82 Å². The molecule has 1 amide bonds. The molecule has 1 N–H and O–H groups in total. The molecule has 0 radical (unpaired) electrons. The average Bonchev–Trinajstić information content (AvgIpc) is 2.89. The number of benzene rings is 3. The van der Waals surface area contributed by atoms with Crippen molar-refractivity contribution in [3.05, 3.63) is 105 Å². The number of carbonyl (C=O) groups excluding carboxylic acids is 1. The first-order chi connectivity index (χ1) is 17.1. The molecule has 6 heteroatoms. The number of carbonyl (C=O) groups is 1. The van der Waals surface area contributed by atoms with E-state index in [4.69, 9.17) is 14.7 Å². The Bertz CT molecular complexity index is 1400. The zero-order chi connectivity index (χ0) is 24.2. The molecule has 0 aliphatic heterocycles. The van der Waals surface area contributed by atoms with Crippen molar-refractivity contribution in [1.82, 2.24) is 9.97 Å². The van der Waals surface area contributed by atoms with Crippen molar-refractivity contribution in [1.29, 1.82) is 0 Å². The lowest BCUT2D eigenvalue weighted by atomic mass is 9.91. The number of rotatable bonds is 6. The van der Waals surface area contributed by atoms with Gasteiger partial charge in [0.15, 0.2) is 5.82 Å². The Kier molecular flexibility index (Phi) is 6.73. The van der Waals surface area contributed by atoms with E-state index in [1.165, 1.54) is 5.56 Å². The Morgan fingerprint density at radius 2 is 1.80 bits per heavy atom. The molecule has 0 atom stereocenters. The van der Waals surface area contributed by atoms with E-state index >= 15 is 0 Å². The van der Waals surface area contributed by atoms with E-state index in [-0.39, 0.29) is 12.3 Å². The summed E-state index contributed by atoms with van der Waals surface area (Å²) in [5, 5.41) is 3.01. The van der Waals surface area contributed by atoms with Gasteiger partial charge in [-0.25, -0.2) is 9.97 Å². The molecule has 1 aliphatic rings. The van der Waals surface area contributed by atoms with Gasteiger partial charge in [-0.3, -0.25) is 4.79 Å². The summed E-state index contributed by atoms with van der Waals surface area (Å²) in [5.41, 5.74) is 6.59. The molecule has 1 aliphatic carbocycles. The third kappa shape index (κ3) is 5.33. The fourth-order valence-electron chi connectivity index (χ4n) is 4.17. The summed E-state index contributed by atoms with van der Waals surface area (Å²) in [4.78, 5) is 22.8. The number of aromatic nitrogens is 2. The maximum absolute atomic E-state index is 12.9. The van der Waals surface area contributed by atoms with Gasteiger partial charge in [0, 0.05) is 10.0 Å². The second kappa shape index (κ2) is 10.2. The van der Waals surface area contributed by atoms with E-state index in [9.17, 15) is 4.79 Å². The molecule has 0 bridgehead atoms. The van der Waals surface area contributed by atoms with Crippen LogP contribution >= 0.6 is 15.9 Å². The molecule has 3 aromatic carbocycles. The zero-order valence-electron chi connectivity index (χ0n) is 19.3. The quantitative estimate of drug-likeness (QED) is 0.317. The Labute approximate surface area is 213 Å². The first-order valence-corrected chi connectivity index (χ1v) is 12.2. The van der Waals surface area contributed by atoms with Gasteiger partial charge in [-0.1, -0.05) is 64.5 Å². The molecule has 0 fully saturated rings. The van der Waals surface area contributed by atoms with E-state index in [0.717, 1.165) is 51.1 Å². The van der Waals surface area contributed by atoms with Gasteiger partial charge < -0.3 is 10.1 Å². The largest absolute Gasteiger partial charge is 0.497 e. The van der Waals surface area contributed by atoms with Crippen LogP contribution in [0.25, 0.3) is 23.4 Å². The fourth-order valence-corrected chi connectivity index (χ4v) is 4.44. The van der Waals surface area contributed by atoms with Crippen LogP contribution in [-0.4, -0.2) is 23.0 Å². The molecule has 174 valence electrons. The van der Waals surface area contributed by atoms with Gasteiger partial charge in [0.2, 0.25) is 5.91 Å². The van der Waals surface area contributed by atoms with Crippen LogP contribution < -0.4 is 10.1 Å². The van der Waals surface area contributed by atoms with E-state index < -0.39 is 0 Å². The number of fused-ring (bicyclic) bond motifs is 3. The monoisotopic (exact) mass is 525 g/mol. The van der Waals surface area contributed by atoms with Gasteiger partial charge in [-0.2, -0.15) is 0 Å². The van der Waals surface area contributed by atoms with E-state index in [2.05, 4.69) is 27.3 Å². The average molecular weight is 526 g/mol. The number of nitrogens with one attached hydrogen (secondary N) is 1. The second-order valence-corrected chi connectivity index (χ2v) is 9.29. The number of nitrogens with zero attached hydrogens (tertiary/aromatic N) is 2. The molecule has 35 heavy (non-hydrogen) atoms. The molecule has 5 rings (SSSR count). The predicted octanol–water partition coefficient (Wildman–Crippen LogP) is 6.36. The number of methoxy groups -OCH3 is 1. The van der Waals surface area contributed by atoms with E-state index in [1.807, 2.05) is 78.9 Å². The molecule has 0 saturated heterocycles. The molecule has 0 saturated carbocycles. The topological polar surface area (TPSA) is 64.1 Å². The highest BCUT2D eigenvalue weighted by Gasteiger charge is 2.22. The smallest absolute Gasteiger partial charge is 0.230 e. The number of ether oxygens (including phenoxy) is 1. The van der Waals surface area contributed by atoms with Gasteiger partial charge in [0.05, 0.1) is 24.9 Å². The number of hydrogen-bond donors (Lipinski definition) is 1. The lowest BCUT2D eigenvalue weighted by Crippen LogP contribution is -2.19. The first kappa shape index (κ1) is 23.0. The molecule has 1 heterocycles. The van der Waals surface area contributed by atoms with Gasteiger partial charge in [0.1, 0.15) is 11.4 Å². The zero-order valence-corrected chi connectivity index (χ0v) is 20.9. The maximum Gasteiger partial charge on any atom is 0.230 e. The number of anilines is 1. The van der Waals surface area contributed by atoms with Crippen molar-refractivity contribution in [2.24, 2.45) is 0 Å². The van der Waals surface area contributed by atoms with Gasteiger partial charge in [0.25, 0.3) is 0 Å². The van der Waals surface area contributed by atoms with Crippen LogP contribution in [-0.2, 0) is 24.1 Å². The standard InChI is InChI=1S/C29H24BrN3O2/c1-35-23-13-14-24-21(18-23)10-16-25-28(24)31-26(15-9-19-5-3-2-4-6-19)29(32-25)33-27(34)17-20-7-11-22(30)12-8-20/h2-9,11-15,18H,10,16-17H2,1H3,(H,32,33,34)/b15-9+. The van der Waals surface area contributed by atoms with E-state index in [1.54, 1.807) is 7.11 Å². The fraction of sp³-hybridized carbons (Fsp3) is 0.138. The molecule has 0 spiro atoms. The Hall–Kier alpha value is -3.77. The summed E-state index contributed by atoms with van der Waals surface area (Å²) in [7, 11) is 1.67. The van der Waals surface area contributed by atoms with Crippen LogP contribution in [0.5, 0.6) is 5.75 Å². The number of amides is 1. The van der Waals surface area contributed by atoms with Crippen molar-refractivity contribution in [2.75, 3.05) is 12.4 Å². The van der Waals surface area contributed by atoms with Crippen LogP contribution in [0.1, 0.15) is 28.1 Å². The molecule has 4 aromatic rings. The van der Waals surface area contributed by atoms with Gasteiger partial charge >= 0.3 is 0 Å². The van der Waals surface area contributed by atoms with E-state index in [0.29, 0.717) is 11.5 Å². The van der Waals surface area contributed by atoms with Crippen molar-refractivity contribution in [3.8, 4) is 17.0 Å². The highest BCUT2D eigenvalue weighted by Crippen LogP contribution is 2.35. The normalized spacial score (nSPS) is 12.2. The SMILES string of the molecule is COc1ccc2c(c1)CCc1nc(NC(=O)Cc3ccc(Br)cc3)c(/C=C/c3ccccc3)nc1-2. The van der Waals surface area contributed by atoms with Crippen molar-refractivity contribution < 1.29 is 9.53 Å². The molecule has 0 unspecified atom stereocenters. The molecular weight excluding hydrogens is 502 g/mol. The Balaban J connectivity index is 1.50. The van der Waals surface area contributed by atoms with Crippen LogP contribution in [0.2, 0.25) is 0 Å². The summed E-state index contributed by atoms with van der Waals surface area (Å²) >= 11 is 3.43. The first-order valence-electron chi connectivity index (χ1n) is 11.4. The third-order valence-electron chi connectivity index (χ3n) is 5.96. The summed E-state index contributed by atoms with van der Waals surface area (Å²) in [5.74, 6) is 1.19. The molecule has 5 nitrogen and oxygen atoms in total. The van der Waals surface area contributed by atoms with Crippen molar-refractivity contribution in [3.63, 3.8) is 0 Å². The van der Waals surface area contributed by atoms with Crippen molar-refractivity contribution >= 4 is 39.8 Å². The number of hydrogen-bond acceptors (Lipinski definition) is 4. The summed E-state index contributed by atoms with van der Waals surface area (Å²) in [6.45, 7) is 0. The highest BCUT2D eigenvalue weighted by molar-refractivity contribution is 9.10. The Morgan fingerprint density at radius 1 is 1.00 bits per heavy atom. The molecular formula is C29H24BrN3O2. The van der Waals surface area contributed by atoms with Gasteiger partial charge in [-0.05, 0) is 65.9 Å². The van der Waals surface area contributed by atoms with Gasteiger partial charge in [-0.15, -0.1) is 0 Å². The van der Waals surface area contributed by atoms with Crippen LogP contribution in [0.15, 0.2) is 77.3 Å². The minimum atomic E-state index is -0.128. The lowest BCUT2D eigenvalue weighted by molar-refractivity contribution is -0.115. The Morgan fingerprint density at radius 3 is 2.57 bits per heavy atom. The summed E-state index contributed by atoms with van der Waals surface area (Å²) in [6, 6.07) is 23.8. The van der Waals surface area contributed by atoms with Crippen LogP contribution in [0.3, 0.4) is 0 Å². The molecule has 1 aromatic heterocycles. The van der Waals surface area contributed by atoms with Crippen LogP contribution in [0, 0.1) is 0 Å². The lowest BCUT2D eigenvalue weighted by Gasteiger charge is -2.21. The second-order valence-electron chi connectivity index (χ2n) is 8.37. The minimum Gasteiger partial charge on any atom is -0.497 e. The number of halogens is 1. The summed E-state index contributed by atoms with van der Waals surface area (Å²) < 4.78 is 6.38. The maximum atomic E-state index is 12.9. The number of aryl methyl sites for hydroxylation is 2. The summed E-state index contributed by atoms with van der Waals surface area (Å²) in [6.07, 6.45) is 5.76. The minimum absolute atomic E-state index is 0.128. The predicted molar refractivity (Wildman–Crippen MR) is 143 cm³/mol. The third-order valence-corrected chi connectivity index (χ3v) is 6.49. The van der Waals surface area contributed by atoms with Crippen molar-refractivity contribution in [2.45, 2.75) is 19.3 Å².